The molecule has 3 fully saturated rings. The van der Waals surface area contributed by atoms with Crippen LogP contribution >= 0.6 is 35.3 Å². The maximum Gasteiger partial charge on any atom is 0.193 e. The first kappa shape index (κ1) is 21.3. The third kappa shape index (κ3) is 5.15. The van der Waals surface area contributed by atoms with Gasteiger partial charge in [-0.1, -0.05) is 6.42 Å². The van der Waals surface area contributed by atoms with Crippen molar-refractivity contribution < 1.29 is 0 Å². The zero-order chi connectivity index (χ0) is 18.0. The van der Waals surface area contributed by atoms with Gasteiger partial charge in [-0.25, -0.2) is 4.98 Å². The third-order valence-corrected chi connectivity index (χ3v) is 7.49. The van der Waals surface area contributed by atoms with Gasteiger partial charge in [0.2, 0.25) is 0 Å². The minimum absolute atomic E-state index is 0. The average Bonchev–Trinajstić information content (AvgIpc) is 3.24. The third-order valence-electron chi connectivity index (χ3n) is 6.67. The predicted molar refractivity (Wildman–Crippen MR) is 124 cm³/mol. The zero-order valence-electron chi connectivity index (χ0n) is 16.7. The second-order valence-corrected chi connectivity index (χ2v) is 9.59. The molecule has 0 atom stereocenters. The smallest absolute Gasteiger partial charge is 0.193 e. The highest BCUT2D eigenvalue weighted by Gasteiger charge is 2.43. The number of hydrogen-bond donors (Lipinski definition) is 1. The fourth-order valence-electron chi connectivity index (χ4n) is 4.83. The Kier molecular flexibility index (Phi) is 7.41. The van der Waals surface area contributed by atoms with Gasteiger partial charge in [-0.15, -0.1) is 35.3 Å². The SMILES string of the molecule is CN=C(NCC1CCN(Cc2csc(C)n2)CC1)N1CCC2(CCC2)C1.I. The first-order chi connectivity index (χ1) is 12.7. The highest BCUT2D eigenvalue weighted by molar-refractivity contribution is 14.0. The summed E-state index contributed by atoms with van der Waals surface area (Å²) >= 11 is 1.76. The molecule has 0 unspecified atom stereocenters. The number of nitrogens with zero attached hydrogens (tertiary/aromatic N) is 4. The number of guanidine groups is 1. The number of aromatic nitrogens is 1. The van der Waals surface area contributed by atoms with Gasteiger partial charge in [0.15, 0.2) is 5.96 Å². The minimum Gasteiger partial charge on any atom is -0.356 e. The number of halogens is 1. The van der Waals surface area contributed by atoms with Crippen molar-refractivity contribution in [2.75, 3.05) is 39.8 Å². The summed E-state index contributed by atoms with van der Waals surface area (Å²) in [5, 5.41) is 7.06. The highest BCUT2D eigenvalue weighted by Crippen LogP contribution is 2.47. The molecule has 1 aromatic rings. The molecule has 0 aromatic carbocycles. The van der Waals surface area contributed by atoms with E-state index in [2.05, 4.69) is 37.4 Å². The van der Waals surface area contributed by atoms with E-state index in [0.717, 1.165) is 25.0 Å². The Morgan fingerprint density at radius 3 is 2.63 bits per heavy atom. The maximum atomic E-state index is 4.61. The van der Waals surface area contributed by atoms with Crippen LogP contribution in [0.2, 0.25) is 0 Å². The van der Waals surface area contributed by atoms with Crippen molar-refractivity contribution in [1.29, 1.82) is 0 Å². The van der Waals surface area contributed by atoms with Crippen LogP contribution in [0.4, 0.5) is 0 Å². The van der Waals surface area contributed by atoms with E-state index < -0.39 is 0 Å². The van der Waals surface area contributed by atoms with Crippen LogP contribution < -0.4 is 5.32 Å². The molecule has 3 heterocycles. The van der Waals surface area contributed by atoms with E-state index in [1.807, 2.05) is 7.05 Å². The molecule has 3 aliphatic rings. The van der Waals surface area contributed by atoms with Crippen LogP contribution in [0.1, 0.15) is 49.2 Å². The molecule has 1 spiro atoms. The van der Waals surface area contributed by atoms with E-state index in [9.17, 15) is 0 Å². The number of rotatable bonds is 4. The van der Waals surface area contributed by atoms with Gasteiger partial charge in [0.25, 0.3) is 0 Å². The minimum atomic E-state index is 0. The Labute approximate surface area is 185 Å². The Balaban J connectivity index is 0.00000210. The van der Waals surface area contributed by atoms with E-state index in [1.165, 1.54) is 75.4 Å². The Hall–Kier alpha value is -0.410. The van der Waals surface area contributed by atoms with E-state index in [4.69, 9.17) is 0 Å². The number of nitrogens with one attached hydrogen (secondary N) is 1. The normalized spacial score (nSPS) is 23.3. The van der Waals surface area contributed by atoms with Gasteiger partial charge in [-0.2, -0.15) is 0 Å². The number of hydrogen-bond acceptors (Lipinski definition) is 4. The summed E-state index contributed by atoms with van der Waals surface area (Å²) in [5.74, 6) is 1.90. The van der Waals surface area contributed by atoms with Crippen LogP contribution in [0.5, 0.6) is 0 Å². The molecular weight excluding hydrogens is 469 g/mol. The van der Waals surface area contributed by atoms with Gasteiger partial charge in [-0.05, 0) is 63.5 Å². The molecular formula is C20H34IN5S. The zero-order valence-corrected chi connectivity index (χ0v) is 19.9. The number of piperidine rings is 1. The number of aryl methyl sites for hydroxylation is 1. The maximum absolute atomic E-state index is 4.61. The molecule has 1 saturated carbocycles. The fourth-order valence-corrected chi connectivity index (χ4v) is 5.43. The lowest BCUT2D eigenvalue weighted by Crippen LogP contribution is -2.45. The van der Waals surface area contributed by atoms with Crippen molar-refractivity contribution in [3.8, 4) is 0 Å². The standard InChI is InChI=1S/C20H33N5S.HI/c1-16-23-18(14-26-16)13-24-9-4-17(5-10-24)12-22-19(21-2)25-11-8-20(15-25)6-3-7-20;/h14,17H,3-13,15H2,1-2H3,(H,21,22);1H. The van der Waals surface area contributed by atoms with E-state index >= 15 is 0 Å². The van der Waals surface area contributed by atoms with Gasteiger partial charge >= 0.3 is 0 Å². The lowest BCUT2D eigenvalue weighted by Gasteiger charge is -2.38. The molecule has 2 saturated heterocycles. The van der Waals surface area contributed by atoms with Crippen molar-refractivity contribution in [2.45, 2.75) is 52.0 Å². The summed E-state index contributed by atoms with van der Waals surface area (Å²) in [5.41, 5.74) is 1.88. The van der Waals surface area contributed by atoms with Crippen LogP contribution in [-0.2, 0) is 6.54 Å². The molecule has 0 radical (unpaired) electrons. The first-order valence-electron chi connectivity index (χ1n) is 10.2. The summed E-state index contributed by atoms with van der Waals surface area (Å²) in [6.07, 6.45) is 8.20. The number of thiazole rings is 1. The monoisotopic (exact) mass is 503 g/mol. The Morgan fingerprint density at radius 2 is 2.07 bits per heavy atom. The van der Waals surface area contributed by atoms with Gasteiger partial charge in [0, 0.05) is 38.6 Å². The van der Waals surface area contributed by atoms with E-state index in [-0.39, 0.29) is 24.0 Å². The van der Waals surface area contributed by atoms with Gasteiger partial charge in [-0.3, -0.25) is 9.89 Å². The number of aliphatic imine (C=N–C) groups is 1. The van der Waals surface area contributed by atoms with Crippen LogP contribution in [0.25, 0.3) is 0 Å². The molecule has 2 aliphatic heterocycles. The Morgan fingerprint density at radius 1 is 1.30 bits per heavy atom. The molecule has 7 heteroatoms. The van der Waals surface area contributed by atoms with E-state index in [1.54, 1.807) is 11.3 Å². The summed E-state index contributed by atoms with van der Waals surface area (Å²) in [7, 11) is 1.94. The van der Waals surface area contributed by atoms with Gasteiger partial charge < -0.3 is 10.2 Å². The fraction of sp³-hybridized carbons (Fsp3) is 0.800. The molecule has 0 amide bonds. The van der Waals surface area contributed by atoms with Crippen molar-refractivity contribution in [2.24, 2.45) is 16.3 Å². The van der Waals surface area contributed by atoms with E-state index in [0.29, 0.717) is 5.41 Å². The summed E-state index contributed by atoms with van der Waals surface area (Å²) in [6.45, 7) is 8.96. The lowest BCUT2D eigenvalue weighted by atomic mass is 9.68. The highest BCUT2D eigenvalue weighted by atomic mass is 127. The summed E-state index contributed by atoms with van der Waals surface area (Å²) in [6, 6.07) is 0. The second-order valence-electron chi connectivity index (χ2n) is 8.53. The largest absolute Gasteiger partial charge is 0.356 e. The predicted octanol–water partition coefficient (Wildman–Crippen LogP) is 3.73. The molecule has 4 rings (SSSR count). The van der Waals surface area contributed by atoms with Crippen molar-refractivity contribution in [1.82, 2.24) is 20.1 Å². The number of likely N-dealkylation sites (tertiary alicyclic amines) is 2. The van der Waals surface area contributed by atoms with Crippen molar-refractivity contribution in [3.05, 3.63) is 16.1 Å². The topological polar surface area (TPSA) is 43.8 Å². The second kappa shape index (κ2) is 9.39. The summed E-state index contributed by atoms with van der Waals surface area (Å²) in [4.78, 5) is 14.2. The summed E-state index contributed by atoms with van der Waals surface area (Å²) < 4.78 is 0. The molecule has 1 aromatic heterocycles. The van der Waals surface area contributed by atoms with Crippen LogP contribution in [0.3, 0.4) is 0 Å². The van der Waals surface area contributed by atoms with Crippen LogP contribution in [0, 0.1) is 18.3 Å². The van der Waals surface area contributed by atoms with Crippen LogP contribution in [-0.4, -0.2) is 60.5 Å². The molecule has 1 N–H and O–H groups in total. The molecule has 0 bridgehead atoms. The molecule has 152 valence electrons. The Bertz CT molecular complexity index is 634. The van der Waals surface area contributed by atoms with Gasteiger partial charge in [0.05, 0.1) is 10.7 Å². The van der Waals surface area contributed by atoms with Crippen molar-refractivity contribution in [3.63, 3.8) is 0 Å². The van der Waals surface area contributed by atoms with Crippen LogP contribution in [0.15, 0.2) is 10.4 Å². The lowest BCUT2D eigenvalue weighted by molar-refractivity contribution is 0.151. The quantitative estimate of drug-likeness (QED) is 0.387. The van der Waals surface area contributed by atoms with Gasteiger partial charge in [0.1, 0.15) is 0 Å². The van der Waals surface area contributed by atoms with Crippen molar-refractivity contribution >= 4 is 41.3 Å². The molecule has 5 nitrogen and oxygen atoms in total. The average molecular weight is 503 g/mol. The first-order valence-corrected chi connectivity index (χ1v) is 11.1. The molecule has 27 heavy (non-hydrogen) atoms. The molecule has 1 aliphatic carbocycles.